The molecule has 112 valence electrons. The maximum absolute atomic E-state index is 13.8. The second-order valence-electron chi connectivity index (χ2n) is 4.30. The van der Waals surface area contributed by atoms with Crippen LogP contribution in [0.1, 0.15) is 22.8 Å². The maximum Gasteiger partial charge on any atom is 0.416 e. The van der Waals surface area contributed by atoms with Crippen molar-refractivity contribution in [2.45, 2.75) is 12.3 Å². The zero-order valence-corrected chi connectivity index (χ0v) is 12.6. The van der Waals surface area contributed by atoms with Crippen LogP contribution in [0.15, 0.2) is 40.9 Å². The average molecular weight is 384 g/mol. The molecule has 0 spiro atoms. The van der Waals surface area contributed by atoms with Gasteiger partial charge in [-0.1, -0.05) is 33.6 Å². The predicted octanol–water partition coefficient (Wildman–Crippen LogP) is 5.34. The lowest BCUT2D eigenvalue weighted by atomic mass is 9.99. The average Bonchev–Trinajstić information content (AvgIpc) is 2.37. The van der Waals surface area contributed by atoms with Crippen LogP contribution in [0.4, 0.5) is 17.6 Å². The standard InChI is InChI=1S/C14H8BrClF4O/c15-11-4-1-7(14(18,19)20)5-10(11)13(21)9-3-2-8(16)6-12(9)17/h1-6,13,21H. The van der Waals surface area contributed by atoms with E-state index in [2.05, 4.69) is 15.9 Å². The summed E-state index contributed by atoms with van der Waals surface area (Å²) in [7, 11) is 0. The smallest absolute Gasteiger partial charge is 0.384 e. The monoisotopic (exact) mass is 382 g/mol. The number of aliphatic hydroxyl groups excluding tert-OH is 1. The SMILES string of the molecule is OC(c1ccc(Cl)cc1F)c1cc(C(F)(F)F)ccc1Br. The van der Waals surface area contributed by atoms with Crippen molar-refractivity contribution in [3.63, 3.8) is 0 Å². The van der Waals surface area contributed by atoms with Gasteiger partial charge in [-0.05, 0) is 35.9 Å². The Morgan fingerprint density at radius 3 is 2.29 bits per heavy atom. The first-order valence-corrected chi connectivity index (χ1v) is 6.87. The third-order valence-corrected chi connectivity index (χ3v) is 3.83. The van der Waals surface area contributed by atoms with E-state index in [1.54, 1.807) is 0 Å². The zero-order chi connectivity index (χ0) is 15.8. The minimum absolute atomic E-state index is 0.0777. The van der Waals surface area contributed by atoms with Crippen LogP contribution < -0.4 is 0 Å². The lowest BCUT2D eigenvalue weighted by Crippen LogP contribution is -2.09. The van der Waals surface area contributed by atoms with Crippen molar-refractivity contribution in [3.8, 4) is 0 Å². The fourth-order valence-electron chi connectivity index (χ4n) is 1.82. The Kier molecular flexibility index (Phi) is 4.60. The molecule has 1 unspecified atom stereocenters. The Hall–Kier alpha value is -1.11. The highest BCUT2D eigenvalue weighted by Crippen LogP contribution is 2.36. The van der Waals surface area contributed by atoms with E-state index in [1.807, 2.05) is 0 Å². The van der Waals surface area contributed by atoms with Gasteiger partial charge < -0.3 is 5.11 Å². The van der Waals surface area contributed by atoms with E-state index in [1.165, 1.54) is 12.1 Å². The molecule has 2 aromatic carbocycles. The van der Waals surface area contributed by atoms with Crippen LogP contribution in [-0.4, -0.2) is 5.11 Å². The van der Waals surface area contributed by atoms with Crippen molar-refractivity contribution in [1.29, 1.82) is 0 Å². The molecule has 0 fully saturated rings. The summed E-state index contributed by atoms with van der Waals surface area (Å²) < 4.78 is 52.1. The summed E-state index contributed by atoms with van der Waals surface area (Å²) in [4.78, 5) is 0. The van der Waals surface area contributed by atoms with Gasteiger partial charge in [-0.25, -0.2) is 4.39 Å². The molecule has 0 heterocycles. The number of rotatable bonds is 2. The summed E-state index contributed by atoms with van der Waals surface area (Å²) >= 11 is 8.66. The summed E-state index contributed by atoms with van der Waals surface area (Å²) in [6, 6.07) is 6.39. The molecule has 0 radical (unpaired) electrons. The number of hydrogen-bond donors (Lipinski definition) is 1. The first kappa shape index (κ1) is 16.3. The van der Waals surface area contributed by atoms with Crippen LogP contribution in [0.3, 0.4) is 0 Å². The van der Waals surface area contributed by atoms with Gasteiger partial charge in [0.2, 0.25) is 0 Å². The number of benzene rings is 2. The molecule has 7 heteroatoms. The molecule has 0 bridgehead atoms. The van der Waals surface area contributed by atoms with Gasteiger partial charge >= 0.3 is 6.18 Å². The Morgan fingerprint density at radius 2 is 1.71 bits per heavy atom. The van der Waals surface area contributed by atoms with Gasteiger partial charge in [0.25, 0.3) is 0 Å². The molecular weight excluding hydrogens is 376 g/mol. The van der Waals surface area contributed by atoms with Gasteiger partial charge in [-0.15, -0.1) is 0 Å². The van der Waals surface area contributed by atoms with Crippen molar-refractivity contribution in [2.75, 3.05) is 0 Å². The van der Waals surface area contributed by atoms with Crippen molar-refractivity contribution < 1.29 is 22.7 Å². The summed E-state index contributed by atoms with van der Waals surface area (Å²) in [6.07, 6.45) is -6.09. The second kappa shape index (κ2) is 5.94. The molecule has 0 saturated heterocycles. The van der Waals surface area contributed by atoms with Crippen LogP contribution in [0.25, 0.3) is 0 Å². The van der Waals surface area contributed by atoms with Crippen molar-refractivity contribution in [2.24, 2.45) is 0 Å². The highest BCUT2D eigenvalue weighted by molar-refractivity contribution is 9.10. The lowest BCUT2D eigenvalue weighted by Gasteiger charge is -2.16. The summed E-state index contributed by atoms with van der Waals surface area (Å²) in [5.41, 5.74) is -1.15. The van der Waals surface area contributed by atoms with Gasteiger partial charge in [0.05, 0.1) is 5.56 Å². The predicted molar refractivity (Wildman–Crippen MR) is 74.6 cm³/mol. The summed E-state index contributed by atoms with van der Waals surface area (Å²) in [6.45, 7) is 0. The minimum atomic E-state index is -4.55. The molecule has 0 aliphatic rings. The number of alkyl halides is 3. The molecule has 2 aromatic rings. The highest BCUT2D eigenvalue weighted by atomic mass is 79.9. The summed E-state index contributed by atoms with van der Waals surface area (Å²) in [5.74, 6) is -0.792. The topological polar surface area (TPSA) is 20.2 Å². The van der Waals surface area contributed by atoms with Gasteiger partial charge in [0, 0.05) is 15.1 Å². The van der Waals surface area contributed by atoms with Gasteiger partial charge in [-0.2, -0.15) is 13.2 Å². The van der Waals surface area contributed by atoms with Crippen LogP contribution >= 0.6 is 27.5 Å². The zero-order valence-electron chi connectivity index (χ0n) is 10.3. The fraction of sp³-hybridized carbons (Fsp3) is 0.143. The van der Waals surface area contributed by atoms with E-state index >= 15 is 0 Å². The first-order chi connectivity index (χ1) is 9.70. The lowest BCUT2D eigenvalue weighted by molar-refractivity contribution is -0.137. The van der Waals surface area contributed by atoms with E-state index in [0.29, 0.717) is 0 Å². The molecule has 0 saturated carbocycles. The maximum atomic E-state index is 13.8. The third-order valence-electron chi connectivity index (χ3n) is 2.87. The Morgan fingerprint density at radius 1 is 1.05 bits per heavy atom. The minimum Gasteiger partial charge on any atom is -0.384 e. The van der Waals surface area contributed by atoms with Gasteiger partial charge in [0.1, 0.15) is 11.9 Å². The van der Waals surface area contributed by atoms with Gasteiger partial charge in [-0.3, -0.25) is 0 Å². The Balaban J connectivity index is 2.50. The molecule has 0 aromatic heterocycles. The van der Waals surface area contributed by atoms with E-state index in [4.69, 9.17) is 11.6 Å². The van der Waals surface area contributed by atoms with Crippen molar-refractivity contribution in [3.05, 3.63) is 68.4 Å². The van der Waals surface area contributed by atoms with Crippen LogP contribution in [0, 0.1) is 5.82 Å². The van der Waals surface area contributed by atoms with Crippen molar-refractivity contribution in [1.82, 2.24) is 0 Å². The van der Waals surface area contributed by atoms with Crippen LogP contribution in [0.2, 0.25) is 5.02 Å². The first-order valence-electron chi connectivity index (χ1n) is 5.70. The molecule has 21 heavy (non-hydrogen) atoms. The van der Waals surface area contributed by atoms with E-state index in [0.717, 1.165) is 24.3 Å². The van der Waals surface area contributed by atoms with E-state index in [-0.39, 0.29) is 20.6 Å². The van der Waals surface area contributed by atoms with E-state index < -0.39 is 23.7 Å². The molecule has 2 rings (SSSR count). The molecule has 1 atom stereocenters. The fourth-order valence-corrected chi connectivity index (χ4v) is 2.44. The summed E-state index contributed by atoms with van der Waals surface area (Å²) in [5, 5.41) is 10.3. The molecule has 1 N–H and O–H groups in total. The van der Waals surface area contributed by atoms with Gasteiger partial charge in [0.15, 0.2) is 0 Å². The largest absolute Gasteiger partial charge is 0.416 e. The highest BCUT2D eigenvalue weighted by Gasteiger charge is 2.32. The number of halogens is 6. The Bertz CT molecular complexity index is 673. The second-order valence-corrected chi connectivity index (χ2v) is 5.59. The molecular formula is C14H8BrClF4O. The molecule has 0 aliphatic carbocycles. The van der Waals surface area contributed by atoms with Crippen molar-refractivity contribution >= 4 is 27.5 Å². The Labute approximate surface area is 131 Å². The normalized spacial score (nSPS) is 13.3. The van der Waals surface area contributed by atoms with E-state index in [9.17, 15) is 22.7 Å². The quantitative estimate of drug-likeness (QED) is 0.694. The van der Waals surface area contributed by atoms with Crippen LogP contribution in [0.5, 0.6) is 0 Å². The number of aliphatic hydroxyl groups is 1. The molecule has 1 nitrogen and oxygen atoms in total. The number of hydrogen-bond acceptors (Lipinski definition) is 1. The molecule has 0 amide bonds. The third kappa shape index (κ3) is 3.56. The molecule has 0 aliphatic heterocycles. The van der Waals surface area contributed by atoms with Crippen LogP contribution in [-0.2, 0) is 6.18 Å².